The number of rotatable bonds is 3. The Hall–Kier alpha value is -1.60. The van der Waals surface area contributed by atoms with Crippen LogP contribution in [0.15, 0.2) is 29.2 Å². The molecule has 1 aromatic rings. The van der Waals surface area contributed by atoms with Crippen LogP contribution in [0.4, 0.5) is 5.69 Å². The van der Waals surface area contributed by atoms with Crippen LogP contribution in [0.2, 0.25) is 0 Å². The maximum absolute atomic E-state index is 13.4. The SMILES string of the molecule is NS(=O)(=O)c1ccc(NC(=O)C2O[C@@H]3OC4(CCCCC4)O[C@@H]3[C@H]3OC4(CCCCC4)O[C@@H]23)cc1. The zero-order valence-corrected chi connectivity index (χ0v) is 20.3. The summed E-state index contributed by atoms with van der Waals surface area (Å²) < 4.78 is 55.1. The van der Waals surface area contributed by atoms with E-state index in [1.807, 2.05) is 0 Å². The minimum Gasteiger partial charge on any atom is -0.341 e. The second kappa shape index (κ2) is 8.76. The minimum absolute atomic E-state index is 0.0339. The van der Waals surface area contributed by atoms with Crippen LogP contribution in [-0.4, -0.2) is 56.6 Å². The molecule has 1 amide bonds. The molecule has 192 valence electrons. The first-order valence-corrected chi connectivity index (χ1v) is 14.1. The molecular weight excluding hydrogens is 476 g/mol. The summed E-state index contributed by atoms with van der Waals surface area (Å²) in [6.45, 7) is 0. The lowest BCUT2D eigenvalue weighted by molar-refractivity contribution is -0.246. The predicted octanol–water partition coefficient (Wildman–Crippen LogP) is 2.52. The van der Waals surface area contributed by atoms with Crippen LogP contribution in [-0.2, 0) is 38.5 Å². The molecular formula is C24H32N2O8S. The average Bonchev–Trinajstić information content (AvgIpc) is 3.37. The first kappa shape index (κ1) is 23.8. The fourth-order valence-corrected chi connectivity index (χ4v) is 6.63. The molecule has 6 rings (SSSR count). The molecule has 2 saturated carbocycles. The Morgan fingerprint density at radius 3 is 1.94 bits per heavy atom. The molecule has 2 aliphatic carbocycles. The van der Waals surface area contributed by atoms with Gasteiger partial charge < -0.3 is 29.0 Å². The maximum atomic E-state index is 13.4. The highest BCUT2D eigenvalue weighted by Crippen LogP contribution is 2.51. The van der Waals surface area contributed by atoms with Gasteiger partial charge in [0.2, 0.25) is 10.0 Å². The van der Waals surface area contributed by atoms with E-state index >= 15 is 0 Å². The van der Waals surface area contributed by atoms with Crippen LogP contribution in [0.25, 0.3) is 0 Å². The number of benzene rings is 1. The highest BCUT2D eigenvalue weighted by molar-refractivity contribution is 7.89. The number of primary sulfonamides is 1. The monoisotopic (exact) mass is 508 g/mol. The molecule has 5 fully saturated rings. The number of nitrogens with two attached hydrogens (primary N) is 1. The summed E-state index contributed by atoms with van der Waals surface area (Å²) in [5.74, 6) is -1.84. The van der Waals surface area contributed by atoms with E-state index in [0.29, 0.717) is 5.69 Å². The normalized spacial score (nSPS) is 35.5. The summed E-state index contributed by atoms with van der Waals surface area (Å²) in [5, 5.41) is 7.98. The Balaban J connectivity index is 1.25. The van der Waals surface area contributed by atoms with Crippen molar-refractivity contribution < 1.29 is 36.9 Å². The molecule has 3 heterocycles. The van der Waals surface area contributed by atoms with E-state index in [1.54, 1.807) is 0 Å². The fourth-order valence-electron chi connectivity index (χ4n) is 6.11. The highest BCUT2D eigenvalue weighted by atomic mass is 32.2. The molecule has 10 nitrogen and oxygen atoms in total. The van der Waals surface area contributed by atoms with E-state index in [2.05, 4.69) is 5.32 Å². The molecule has 11 heteroatoms. The number of hydrogen-bond acceptors (Lipinski definition) is 8. The smallest absolute Gasteiger partial charge is 0.256 e. The standard InChI is InChI=1S/C24H32N2O8S/c25-35(28,29)16-9-7-15(8-10-16)26-21(27)19-17-18(32-23(31-17)11-3-1-4-12-23)20-22(30-19)34-24(33-20)13-5-2-6-14-24/h7-10,17-20,22H,1-6,11-14H2,(H,26,27)(H2,25,28,29)/t17-,18+,19?,20-,22-/m1/s1. The van der Waals surface area contributed by atoms with Crippen molar-refractivity contribution in [3.63, 3.8) is 0 Å². The van der Waals surface area contributed by atoms with E-state index in [9.17, 15) is 13.2 Å². The third-order valence-corrected chi connectivity index (χ3v) is 8.75. The predicted molar refractivity (Wildman–Crippen MR) is 122 cm³/mol. The average molecular weight is 509 g/mol. The van der Waals surface area contributed by atoms with Crippen molar-refractivity contribution in [3.8, 4) is 0 Å². The quantitative estimate of drug-likeness (QED) is 0.636. The van der Waals surface area contributed by atoms with Gasteiger partial charge in [0.15, 0.2) is 24.0 Å². The molecule has 0 aromatic heterocycles. The third-order valence-electron chi connectivity index (χ3n) is 7.82. The Morgan fingerprint density at radius 1 is 0.800 bits per heavy atom. The van der Waals surface area contributed by atoms with Gasteiger partial charge in [0.25, 0.3) is 5.91 Å². The van der Waals surface area contributed by atoms with Crippen molar-refractivity contribution in [2.24, 2.45) is 5.14 Å². The van der Waals surface area contributed by atoms with Crippen molar-refractivity contribution in [3.05, 3.63) is 24.3 Å². The molecule has 1 unspecified atom stereocenters. The number of anilines is 1. The Morgan fingerprint density at radius 2 is 1.34 bits per heavy atom. The van der Waals surface area contributed by atoms with Crippen LogP contribution in [0, 0.1) is 0 Å². The lowest BCUT2D eigenvalue weighted by Gasteiger charge is -2.36. The summed E-state index contributed by atoms with van der Waals surface area (Å²) in [7, 11) is -3.82. The first-order valence-electron chi connectivity index (χ1n) is 12.6. The number of fused-ring (bicyclic) bond motifs is 3. The largest absolute Gasteiger partial charge is 0.341 e. The summed E-state index contributed by atoms with van der Waals surface area (Å²) >= 11 is 0. The molecule has 1 aromatic carbocycles. The van der Waals surface area contributed by atoms with Crippen molar-refractivity contribution >= 4 is 21.6 Å². The Labute approximate surface area is 204 Å². The number of carbonyl (C=O) groups excluding carboxylic acids is 1. The van der Waals surface area contributed by atoms with Crippen LogP contribution in [0.3, 0.4) is 0 Å². The van der Waals surface area contributed by atoms with E-state index in [0.717, 1.165) is 64.2 Å². The second-order valence-corrected chi connectivity index (χ2v) is 11.9. The zero-order chi connectivity index (χ0) is 24.3. The van der Waals surface area contributed by atoms with Crippen molar-refractivity contribution in [1.82, 2.24) is 0 Å². The summed E-state index contributed by atoms with van der Waals surface area (Å²) in [5.41, 5.74) is 0.420. The van der Waals surface area contributed by atoms with Gasteiger partial charge in [0.05, 0.1) is 4.90 Å². The Bertz CT molecular complexity index is 1070. The third kappa shape index (κ3) is 4.41. The molecule has 5 aliphatic rings. The van der Waals surface area contributed by atoms with Crippen LogP contribution in [0.5, 0.6) is 0 Å². The van der Waals surface area contributed by atoms with E-state index in [4.69, 9.17) is 28.8 Å². The second-order valence-electron chi connectivity index (χ2n) is 10.3. The first-order chi connectivity index (χ1) is 16.8. The fraction of sp³-hybridized carbons (Fsp3) is 0.708. The van der Waals surface area contributed by atoms with Gasteiger partial charge in [0.1, 0.15) is 18.3 Å². The number of amides is 1. The molecule has 3 saturated heterocycles. The summed E-state index contributed by atoms with van der Waals surface area (Å²) in [6.07, 6.45) is 6.18. The topological polar surface area (TPSA) is 135 Å². The van der Waals surface area contributed by atoms with Gasteiger partial charge in [-0.3, -0.25) is 4.79 Å². The van der Waals surface area contributed by atoms with E-state index < -0.39 is 58.2 Å². The Kier molecular flexibility index (Phi) is 5.95. The van der Waals surface area contributed by atoms with Gasteiger partial charge in [-0.1, -0.05) is 12.8 Å². The highest BCUT2D eigenvalue weighted by Gasteiger charge is 2.65. The van der Waals surface area contributed by atoms with Crippen molar-refractivity contribution in [1.29, 1.82) is 0 Å². The van der Waals surface area contributed by atoms with Gasteiger partial charge in [-0.2, -0.15) is 0 Å². The lowest BCUT2D eigenvalue weighted by Crippen LogP contribution is -2.58. The van der Waals surface area contributed by atoms with Gasteiger partial charge >= 0.3 is 0 Å². The van der Waals surface area contributed by atoms with Gasteiger partial charge in [-0.25, -0.2) is 13.6 Å². The number of sulfonamides is 1. The van der Waals surface area contributed by atoms with Gasteiger partial charge in [-0.05, 0) is 49.9 Å². The molecule has 35 heavy (non-hydrogen) atoms. The maximum Gasteiger partial charge on any atom is 0.256 e. The number of ether oxygens (including phenoxy) is 5. The number of nitrogens with one attached hydrogen (secondary N) is 1. The number of hydrogen-bond donors (Lipinski definition) is 2. The molecule has 0 bridgehead atoms. The van der Waals surface area contributed by atoms with Gasteiger partial charge in [0, 0.05) is 31.4 Å². The van der Waals surface area contributed by atoms with Crippen molar-refractivity contribution in [2.45, 2.75) is 111 Å². The van der Waals surface area contributed by atoms with Crippen LogP contribution < -0.4 is 10.5 Å². The molecule has 2 spiro atoms. The molecule has 3 N–H and O–H groups in total. The lowest BCUT2D eigenvalue weighted by atomic mass is 9.94. The van der Waals surface area contributed by atoms with E-state index in [-0.39, 0.29) is 4.90 Å². The van der Waals surface area contributed by atoms with Crippen molar-refractivity contribution in [2.75, 3.05) is 5.32 Å². The van der Waals surface area contributed by atoms with Crippen LogP contribution in [0.1, 0.15) is 64.2 Å². The minimum atomic E-state index is -3.82. The molecule has 0 radical (unpaired) electrons. The molecule has 3 aliphatic heterocycles. The van der Waals surface area contributed by atoms with Gasteiger partial charge in [-0.15, -0.1) is 0 Å². The summed E-state index contributed by atoms with van der Waals surface area (Å²) in [6, 6.07) is 5.67. The van der Waals surface area contributed by atoms with E-state index in [1.165, 1.54) is 24.3 Å². The zero-order valence-electron chi connectivity index (χ0n) is 19.5. The number of carbonyl (C=O) groups is 1. The molecule has 5 atom stereocenters. The summed E-state index contributed by atoms with van der Waals surface area (Å²) in [4.78, 5) is 13.4. The van der Waals surface area contributed by atoms with Crippen LogP contribution >= 0.6 is 0 Å².